The molecule has 4 nitrogen and oxygen atoms in total. The van der Waals surface area contributed by atoms with Crippen LogP contribution in [0.3, 0.4) is 0 Å². The third kappa shape index (κ3) is 4.27. The third-order valence-corrected chi connectivity index (χ3v) is 6.48. The molecule has 29 heavy (non-hydrogen) atoms. The van der Waals surface area contributed by atoms with E-state index in [1.54, 1.807) is 0 Å². The second-order valence-electron chi connectivity index (χ2n) is 8.84. The average molecular weight is 389 g/mol. The summed E-state index contributed by atoms with van der Waals surface area (Å²) in [6, 6.07) is 16.6. The van der Waals surface area contributed by atoms with Crippen molar-refractivity contribution in [2.45, 2.75) is 50.5 Å². The van der Waals surface area contributed by atoms with E-state index in [-0.39, 0.29) is 11.7 Å². The summed E-state index contributed by atoms with van der Waals surface area (Å²) >= 11 is 0. The molecule has 1 heterocycles. The van der Waals surface area contributed by atoms with Crippen molar-refractivity contribution in [3.05, 3.63) is 65.2 Å². The third-order valence-electron chi connectivity index (χ3n) is 6.48. The molecule has 2 saturated carbocycles. The van der Waals surface area contributed by atoms with Gasteiger partial charge in [0.25, 0.3) is 0 Å². The van der Waals surface area contributed by atoms with Gasteiger partial charge in [-0.2, -0.15) is 0 Å². The Kier molecular flexibility index (Phi) is 4.96. The zero-order valence-electron chi connectivity index (χ0n) is 16.8. The lowest BCUT2D eigenvalue weighted by molar-refractivity contribution is -0.117. The average Bonchev–Trinajstić information content (AvgIpc) is 3.66. The molecule has 1 aliphatic heterocycles. The number of nitrogens with one attached hydrogen (secondary N) is 1. The molecule has 4 heteroatoms. The number of rotatable bonds is 8. The molecule has 1 amide bonds. The summed E-state index contributed by atoms with van der Waals surface area (Å²) in [5.74, 6) is 1.80. The van der Waals surface area contributed by atoms with Gasteiger partial charge in [0.05, 0.1) is 0 Å². The maximum absolute atomic E-state index is 12.8. The number of carbonyl (C=O) groups is 2. The standard InChI is InChI=1S/C25H28N2O2/c28-24(13-17-8-10-21(11-9-17)27-12-2-5-25(27)29)20-4-1-3-19(14-20)22-15-23(22)26-16-18-6-7-18/h1,3-4,8-11,14,18,22-23,26H,2,5-7,12-13,15-16H2. The van der Waals surface area contributed by atoms with Crippen LogP contribution in [0.4, 0.5) is 5.69 Å². The first-order valence-electron chi connectivity index (χ1n) is 10.9. The van der Waals surface area contributed by atoms with Gasteiger partial charge in [-0.1, -0.05) is 30.3 Å². The Morgan fingerprint density at radius 3 is 2.66 bits per heavy atom. The smallest absolute Gasteiger partial charge is 0.227 e. The van der Waals surface area contributed by atoms with Crippen LogP contribution < -0.4 is 10.2 Å². The number of Topliss-reactive ketones (excluding diaryl/α,β-unsaturated/α-hetero) is 1. The van der Waals surface area contributed by atoms with Gasteiger partial charge in [0, 0.05) is 42.6 Å². The Bertz CT molecular complexity index is 917. The van der Waals surface area contributed by atoms with E-state index >= 15 is 0 Å². The molecule has 0 radical (unpaired) electrons. The van der Waals surface area contributed by atoms with Gasteiger partial charge in [-0.15, -0.1) is 0 Å². The largest absolute Gasteiger partial charge is 0.313 e. The topological polar surface area (TPSA) is 49.4 Å². The number of hydrogen-bond donors (Lipinski definition) is 1. The van der Waals surface area contributed by atoms with Crippen molar-refractivity contribution in [2.75, 3.05) is 18.0 Å². The number of amides is 1. The van der Waals surface area contributed by atoms with E-state index in [4.69, 9.17) is 0 Å². The number of nitrogens with zero attached hydrogens (tertiary/aromatic N) is 1. The molecule has 0 spiro atoms. The van der Waals surface area contributed by atoms with Gasteiger partial charge < -0.3 is 10.2 Å². The van der Waals surface area contributed by atoms with Gasteiger partial charge in [-0.25, -0.2) is 0 Å². The zero-order chi connectivity index (χ0) is 19.8. The SMILES string of the molecule is O=C(Cc1ccc(N2CCCC2=O)cc1)c1cccc(C2CC2NCC2CC2)c1. The summed E-state index contributed by atoms with van der Waals surface area (Å²) in [7, 11) is 0. The Labute approximate surface area is 172 Å². The first-order valence-corrected chi connectivity index (χ1v) is 10.9. The summed E-state index contributed by atoms with van der Waals surface area (Å²) in [5, 5.41) is 3.67. The van der Waals surface area contributed by atoms with Crippen molar-refractivity contribution in [1.82, 2.24) is 5.32 Å². The molecule has 2 aliphatic carbocycles. The predicted molar refractivity (Wildman–Crippen MR) is 114 cm³/mol. The maximum Gasteiger partial charge on any atom is 0.227 e. The van der Waals surface area contributed by atoms with E-state index in [0.717, 1.165) is 42.2 Å². The van der Waals surface area contributed by atoms with Crippen LogP contribution in [0, 0.1) is 5.92 Å². The fraction of sp³-hybridized carbons (Fsp3) is 0.440. The highest BCUT2D eigenvalue weighted by Crippen LogP contribution is 2.42. The van der Waals surface area contributed by atoms with Gasteiger partial charge in [-0.3, -0.25) is 9.59 Å². The molecule has 3 fully saturated rings. The lowest BCUT2D eigenvalue weighted by Gasteiger charge is -2.15. The Morgan fingerprint density at radius 2 is 1.93 bits per heavy atom. The molecular formula is C25H28N2O2. The Morgan fingerprint density at radius 1 is 1.10 bits per heavy atom. The van der Waals surface area contributed by atoms with Crippen LogP contribution in [0.5, 0.6) is 0 Å². The Balaban J connectivity index is 1.20. The van der Waals surface area contributed by atoms with Crippen LogP contribution >= 0.6 is 0 Å². The van der Waals surface area contributed by atoms with Crippen molar-refractivity contribution in [3.8, 4) is 0 Å². The monoisotopic (exact) mass is 388 g/mol. The molecule has 1 saturated heterocycles. The molecule has 2 unspecified atom stereocenters. The zero-order valence-corrected chi connectivity index (χ0v) is 16.8. The molecule has 2 aromatic rings. The summed E-state index contributed by atoms with van der Waals surface area (Å²) in [4.78, 5) is 26.5. The van der Waals surface area contributed by atoms with Crippen LogP contribution in [0.2, 0.25) is 0 Å². The molecule has 2 aromatic carbocycles. The number of hydrogen-bond acceptors (Lipinski definition) is 3. The Hall–Kier alpha value is -2.46. The number of carbonyl (C=O) groups excluding carboxylic acids is 2. The van der Waals surface area contributed by atoms with Crippen molar-refractivity contribution in [3.63, 3.8) is 0 Å². The lowest BCUT2D eigenvalue weighted by atomic mass is 9.99. The number of benzene rings is 2. The molecule has 5 rings (SSSR count). The van der Waals surface area contributed by atoms with Gasteiger partial charge in [0.2, 0.25) is 5.91 Å². The highest BCUT2D eigenvalue weighted by atomic mass is 16.2. The maximum atomic E-state index is 12.8. The van der Waals surface area contributed by atoms with Gasteiger partial charge in [-0.05, 0) is 67.5 Å². The van der Waals surface area contributed by atoms with Crippen LogP contribution in [0.25, 0.3) is 0 Å². The van der Waals surface area contributed by atoms with Gasteiger partial charge in [0.1, 0.15) is 0 Å². The first kappa shape index (κ1) is 18.6. The van der Waals surface area contributed by atoms with E-state index in [0.29, 0.717) is 24.8 Å². The fourth-order valence-corrected chi connectivity index (χ4v) is 4.37. The van der Waals surface area contributed by atoms with Crippen LogP contribution in [-0.4, -0.2) is 30.8 Å². The van der Waals surface area contributed by atoms with E-state index < -0.39 is 0 Å². The molecule has 0 aromatic heterocycles. The fourth-order valence-electron chi connectivity index (χ4n) is 4.37. The van der Waals surface area contributed by atoms with E-state index in [1.807, 2.05) is 41.3 Å². The normalized spacial score (nSPS) is 23.4. The van der Waals surface area contributed by atoms with Crippen molar-refractivity contribution in [1.29, 1.82) is 0 Å². The number of anilines is 1. The minimum absolute atomic E-state index is 0.153. The van der Waals surface area contributed by atoms with E-state index in [2.05, 4.69) is 17.4 Å². The molecule has 2 atom stereocenters. The second-order valence-corrected chi connectivity index (χ2v) is 8.84. The van der Waals surface area contributed by atoms with Crippen molar-refractivity contribution in [2.24, 2.45) is 5.92 Å². The van der Waals surface area contributed by atoms with E-state index in [9.17, 15) is 9.59 Å². The van der Waals surface area contributed by atoms with Crippen molar-refractivity contribution >= 4 is 17.4 Å². The molecule has 3 aliphatic rings. The molecule has 0 bridgehead atoms. The predicted octanol–water partition coefficient (Wildman–Crippen LogP) is 4.09. The van der Waals surface area contributed by atoms with Crippen LogP contribution in [0.15, 0.2) is 48.5 Å². The van der Waals surface area contributed by atoms with Crippen molar-refractivity contribution < 1.29 is 9.59 Å². The summed E-state index contributed by atoms with van der Waals surface area (Å²) in [6.07, 6.45) is 5.89. The quantitative estimate of drug-likeness (QED) is 0.693. The second kappa shape index (κ2) is 7.75. The lowest BCUT2D eigenvalue weighted by Crippen LogP contribution is -2.23. The van der Waals surface area contributed by atoms with E-state index in [1.165, 1.54) is 24.8 Å². The summed E-state index contributed by atoms with van der Waals surface area (Å²) < 4.78 is 0. The summed E-state index contributed by atoms with van der Waals surface area (Å²) in [6.45, 7) is 1.94. The molecule has 150 valence electrons. The first-order chi connectivity index (χ1) is 14.2. The van der Waals surface area contributed by atoms with Crippen LogP contribution in [-0.2, 0) is 11.2 Å². The highest BCUT2D eigenvalue weighted by Gasteiger charge is 2.39. The molecular weight excluding hydrogens is 360 g/mol. The van der Waals surface area contributed by atoms with Crippen LogP contribution in [0.1, 0.15) is 59.5 Å². The molecule has 1 N–H and O–H groups in total. The highest BCUT2D eigenvalue weighted by molar-refractivity contribution is 5.98. The minimum atomic E-state index is 0.153. The minimum Gasteiger partial charge on any atom is -0.313 e. The van der Waals surface area contributed by atoms with Gasteiger partial charge in [0.15, 0.2) is 5.78 Å². The summed E-state index contributed by atoms with van der Waals surface area (Å²) in [5.41, 5.74) is 4.01. The number of ketones is 1. The van der Waals surface area contributed by atoms with Gasteiger partial charge >= 0.3 is 0 Å².